The van der Waals surface area contributed by atoms with Gasteiger partial charge in [0.05, 0.1) is 19.9 Å². The average molecular weight is 494 g/mol. The lowest BCUT2D eigenvalue weighted by Crippen LogP contribution is -2.46. The molecular weight excluding hydrogens is 458 g/mol. The summed E-state index contributed by atoms with van der Waals surface area (Å²) in [6.07, 6.45) is 5.44. The number of amides is 2. The first-order valence-corrected chi connectivity index (χ1v) is 12.5. The molecule has 1 aromatic heterocycles. The van der Waals surface area contributed by atoms with Crippen molar-refractivity contribution < 1.29 is 19.1 Å². The summed E-state index contributed by atoms with van der Waals surface area (Å²) in [5.74, 6) is 2.28. The van der Waals surface area contributed by atoms with Crippen molar-refractivity contribution in [3.8, 4) is 22.8 Å². The van der Waals surface area contributed by atoms with Crippen molar-refractivity contribution in [3.63, 3.8) is 0 Å². The van der Waals surface area contributed by atoms with Gasteiger partial charge in [-0.2, -0.15) is 0 Å². The van der Waals surface area contributed by atoms with Crippen LogP contribution < -0.4 is 14.4 Å². The molecule has 9 heteroatoms. The average Bonchev–Trinajstić information content (AvgIpc) is 3.13. The first-order chi connectivity index (χ1) is 17.5. The number of benzene rings is 1. The quantitative estimate of drug-likeness (QED) is 0.496. The maximum atomic E-state index is 13.1. The molecule has 1 aliphatic carbocycles. The largest absolute Gasteiger partial charge is 0.497 e. The van der Waals surface area contributed by atoms with E-state index in [2.05, 4.69) is 21.7 Å². The summed E-state index contributed by atoms with van der Waals surface area (Å²) >= 11 is 0. The van der Waals surface area contributed by atoms with E-state index in [1.807, 2.05) is 35.2 Å². The van der Waals surface area contributed by atoms with E-state index >= 15 is 0 Å². The molecular formula is C27H35N5O4. The molecule has 2 aromatic rings. The fraction of sp³-hybridized carbons (Fsp3) is 0.481. The molecule has 0 N–H and O–H groups in total. The maximum Gasteiger partial charge on any atom is 0.242 e. The van der Waals surface area contributed by atoms with Crippen molar-refractivity contribution in [1.29, 1.82) is 0 Å². The lowest BCUT2D eigenvalue weighted by atomic mass is 9.84. The first-order valence-electron chi connectivity index (χ1n) is 12.5. The van der Waals surface area contributed by atoms with E-state index in [9.17, 15) is 9.59 Å². The van der Waals surface area contributed by atoms with Crippen LogP contribution in [0.5, 0.6) is 11.5 Å². The number of carbonyl (C=O) groups is 2. The smallest absolute Gasteiger partial charge is 0.242 e. The van der Waals surface area contributed by atoms with Gasteiger partial charge in [-0.05, 0) is 43.5 Å². The topological polar surface area (TPSA) is 88.1 Å². The number of hydrogen-bond donors (Lipinski definition) is 0. The van der Waals surface area contributed by atoms with E-state index in [0.717, 1.165) is 43.6 Å². The van der Waals surface area contributed by atoms with Crippen molar-refractivity contribution in [3.05, 3.63) is 43.0 Å². The fourth-order valence-corrected chi connectivity index (χ4v) is 4.61. The Kier molecular flexibility index (Phi) is 8.40. The van der Waals surface area contributed by atoms with Gasteiger partial charge in [0, 0.05) is 50.3 Å². The zero-order chi connectivity index (χ0) is 25.5. The third-order valence-electron chi connectivity index (χ3n) is 6.95. The first kappa shape index (κ1) is 25.5. The number of ether oxygens (including phenoxy) is 2. The van der Waals surface area contributed by atoms with E-state index in [-0.39, 0.29) is 24.3 Å². The lowest BCUT2D eigenvalue weighted by molar-refractivity contribution is -0.144. The van der Waals surface area contributed by atoms with Gasteiger partial charge in [-0.15, -0.1) is 16.8 Å². The molecule has 0 bridgehead atoms. The van der Waals surface area contributed by atoms with Gasteiger partial charge in [-0.25, -0.2) is 0 Å². The van der Waals surface area contributed by atoms with Crippen molar-refractivity contribution in [1.82, 2.24) is 20.0 Å². The van der Waals surface area contributed by atoms with E-state index < -0.39 is 0 Å². The maximum absolute atomic E-state index is 13.1. The molecule has 0 radical (unpaired) electrons. The SMILES string of the molecule is C=CCN(CC(=O)N1CCCN(c2ccc(-c3ccc(OC)cc3OC)nn2)CC1)C(=O)C1CCC1. The normalized spacial score (nSPS) is 16.1. The molecule has 192 valence electrons. The third-order valence-corrected chi connectivity index (χ3v) is 6.95. The molecule has 0 unspecified atom stereocenters. The molecule has 2 aliphatic rings. The highest BCUT2D eigenvalue weighted by atomic mass is 16.5. The van der Waals surface area contributed by atoms with Crippen LogP contribution in [0.25, 0.3) is 11.3 Å². The Bertz CT molecular complexity index is 1070. The molecule has 1 saturated carbocycles. The number of carbonyl (C=O) groups excluding carboxylic acids is 2. The van der Waals surface area contributed by atoms with E-state index in [1.54, 1.807) is 25.2 Å². The predicted octanol–water partition coefficient (Wildman–Crippen LogP) is 3.01. The van der Waals surface area contributed by atoms with Gasteiger partial charge in [0.1, 0.15) is 18.0 Å². The minimum atomic E-state index is -0.0144. The Morgan fingerprint density at radius 1 is 1.06 bits per heavy atom. The molecule has 1 aromatic carbocycles. The fourth-order valence-electron chi connectivity index (χ4n) is 4.61. The Morgan fingerprint density at radius 3 is 2.53 bits per heavy atom. The highest BCUT2D eigenvalue weighted by Crippen LogP contribution is 2.32. The number of nitrogens with zero attached hydrogens (tertiary/aromatic N) is 5. The molecule has 0 spiro atoms. The molecule has 9 nitrogen and oxygen atoms in total. The second kappa shape index (κ2) is 11.9. The Balaban J connectivity index is 1.37. The van der Waals surface area contributed by atoms with E-state index in [1.165, 1.54) is 0 Å². The van der Waals surface area contributed by atoms with Crippen molar-refractivity contribution in [2.45, 2.75) is 25.7 Å². The lowest BCUT2D eigenvalue weighted by Gasteiger charge is -2.32. The summed E-state index contributed by atoms with van der Waals surface area (Å²) in [7, 11) is 3.23. The number of rotatable bonds is 9. The van der Waals surface area contributed by atoms with Gasteiger partial charge < -0.3 is 24.2 Å². The predicted molar refractivity (Wildman–Crippen MR) is 138 cm³/mol. The second-order valence-corrected chi connectivity index (χ2v) is 9.20. The molecule has 4 rings (SSSR count). The van der Waals surface area contributed by atoms with Gasteiger partial charge in [-0.1, -0.05) is 12.5 Å². The second-order valence-electron chi connectivity index (χ2n) is 9.20. The zero-order valence-corrected chi connectivity index (χ0v) is 21.2. The van der Waals surface area contributed by atoms with Crippen LogP contribution >= 0.6 is 0 Å². The molecule has 36 heavy (non-hydrogen) atoms. The zero-order valence-electron chi connectivity index (χ0n) is 21.2. The monoisotopic (exact) mass is 493 g/mol. The molecule has 2 heterocycles. The minimum Gasteiger partial charge on any atom is -0.497 e. The summed E-state index contributed by atoms with van der Waals surface area (Å²) < 4.78 is 10.8. The van der Waals surface area contributed by atoms with Gasteiger partial charge >= 0.3 is 0 Å². The number of methoxy groups -OCH3 is 2. The summed E-state index contributed by atoms with van der Waals surface area (Å²) in [5, 5.41) is 8.90. The van der Waals surface area contributed by atoms with Gasteiger partial charge in [0.2, 0.25) is 11.8 Å². The number of hydrogen-bond acceptors (Lipinski definition) is 7. The van der Waals surface area contributed by atoms with Crippen LogP contribution in [-0.2, 0) is 9.59 Å². The van der Waals surface area contributed by atoms with Crippen LogP contribution in [0, 0.1) is 5.92 Å². The summed E-state index contributed by atoms with van der Waals surface area (Å²) in [4.78, 5) is 31.4. The third kappa shape index (κ3) is 5.78. The van der Waals surface area contributed by atoms with Crippen molar-refractivity contribution in [2.24, 2.45) is 5.92 Å². The standard InChI is InChI=1S/C27H35N5O4/c1-4-13-32(27(34)20-7-5-8-20)19-26(33)31-15-6-14-30(16-17-31)25-12-11-23(28-29-25)22-10-9-21(35-2)18-24(22)36-3/h4,9-12,18,20H,1,5-8,13-17,19H2,2-3H3. The molecule has 1 aliphatic heterocycles. The molecule has 2 amide bonds. The summed E-state index contributed by atoms with van der Waals surface area (Å²) in [6, 6.07) is 9.47. The molecule has 0 atom stereocenters. The van der Waals surface area contributed by atoms with Crippen molar-refractivity contribution >= 4 is 17.6 Å². The Hall–Kier alpha value is -3.62. The highest BCUT2D eigenvalue weighted by Gasteiger charge is 2.31. The number of anilines is 1. The van der Waals surface area contributed by atoms with E-state index in [0.29, 0.717) is 43.4 Å². The van der Waals surface area contributed by atoms with Crippen LogP contribution in [0.1, 0.15) is 25.7 Å². The Labute approximate surface area is 212 Å². The summed E-state index contributed by atoms with van der Waals surface area (Å²) in [5.41, 5.74) is 1.55. The van der Waals surface area contributed by atoms with Crippen molar-refractivity contribution in [2.75, 3.05) is 58.4 Å². The van der Waals surface area contributed by atoms with Crippen LogP contribution in [0.3, 0.4) is 0 Å². The van der Waals surface area contributed by atoms with Crippen LogP contribution in [0.15, 0.2) is 43.0 Å². The van der Waals surface area contributed by atoms with Crippen LogP contribution in [0.4, 0.5) is 5.82 Å². The van der Waals surface area contributed by atoms with Gasteiger partial charge in [0.15, 0.2) is 5.82 Å². The van der Waals surface area contributed by atoms with Gasteiger partial charge in [0.25, 0.3) is 0 Å². The van der Waals surface area contributed by atoms with Gasteiger partial charge in [-0.3, -0.25) is 9.59 Å². The molecule has 2 fully saturated rings. The molecule has 1 saturated heterocycles. The highest BCUT2D eigenvalue weighted by molar-refractivity contribution is 5.86. The Morgan fingerprint density at radius 2 is 1.89 bits per heavy atom. The van der Waals surface area contributed by atoms with E-state index in [4.69, 9.17) is 9.47 Å². The summed E-state index contributed by atoms with van der Waals surface area (Å²) in [6.45, 7) is 6.94. The minimum absolute atomic E-state index is 0.0144. The number of aromatic nitrogens is 2. The van der Waals surface area contributed by atoms with Crippen LogP contribution in [-0.4, -0.2) is 85.3 Å². The van der Waals surface area contributed by atoms with Crippen LogP contribution in [0.2, 0.25) is 0 Å².